The summed E-state index contributed by atoms with van der Waals surface area (Å²) in [5, 5.41) is 17.3. The monoisotopic (exact) mass is 495 g/mol. The number of rotatable bonds is 9. The van der Waals surface area contributed by atoms with E-state index < -0.39 is 22.9 Å². The van der Waals surface area contributed by atoms with Crippen LogP contribution in [0.4, 0.5) is 17.1 Å². The molecule has 4 aromatic rings. The third-order valence-corrected chi connectivity index (χ3v) is 5.68. The van der Waals surface area contributed by atoms with Gasteiger partial charge < -0.3 is 15.4 Å². The highest BCUT2D eigenvalue weighted by Crippen LogP contribution is 2.28. The van der Waals surface area contributed by atoms with Gasteiger partial charge in [-0.25, -0.2) is 4.79 Å². The number of ether oxygens (including phenoxy) is 1. The minimum absolute atomic E-state index is 0.0329. The molecule has 1 amide bonds. The summed E-state index contributed by atoms with van der Waals surface area (Å²) in [6.07, 6.45) is -1.16. The maximum absolute atomic E-state index is 13.0. The van der Waals surface area contributed by atoms with Crippen LogP contribution >= 0.6 is 0 Å². The number of nitrogens with zero attached hydrogens (tertiary/aromatic N) is 1. The molecule has 186 valence electrons. The van der Waals surface area contributed by atoms with Crippen LogP contribution in [0.15, 0.2) is 103 Å². The molecular formula is C29H25N3O5. The molecule has 8 nitrogen and oxygen atoms in total. The zero-order valence-corrected chi connectivity index (χ0v) is 20.1. The summed E-state index contributed by atoms with van der Waals surface area (Å²) in [4.78, 5) is 36.7. The van der Waals surface area contributed by atoms with Crippen molar-refractivity contribution in [1.29, 1.82) is 0 Å². The number of nitrogens with one attached hydrogen (secondary N) is 2. The number of carbonyl (C=O) groups excluding carboxylic acids is 2. The van der Waals surface area contributed by atoms with E-state index in [4.69, 9.17) is 4.74 Å². The van der Waals surface area contributed by atoms with Crippen LogP contribution in [0.5, 0.6) is 0 Å². The summed E-state index contributed by atoms with van der Waals surface area (Å²) in [6, 6.07) is 30.3. The Morgan fingerprint density at radius 2 is 1.51 bits per heavy atom. The zero-order chi connectivity index (χ0) is 26.2. The van der Waals surface area contributed by atoms with Crippen molar-refractivity contribution >= 4 is 28.9 Å². The lowest BCUT2D eigenvalue weighted by Crippen LogP contribution is -2.30. The predicted molar refractivity (Wildman–Crippen MR) is 142 cm³/mol. The average molecular weight is 496 g/mol. The zero-order valence-electron chi connectivity index (χ0n) is 20.1. The van der Waals surface area contributed by atoms with E-state index in [1.54, 1.807) is 12.1 Å². The second-order valence-electron chi connectivity index (χ2n) is 8.27. The van der Waals surface area contributed by atoms with E-state index in [1.807, 2.05) is 72.8 Å². The van der Waals surface area contributed by atoms with Crippen molar-refractivity contribution in [3.05, 3.63) is 124 Å². The Kier molecular flexibility index (Phi) is 7.90. The molecule has 2 N–H and O–H groups in total. The Balaban J connectivity index is 1.50. The van der Waals surface area contributed by atoms with E-state index >= 15 is 0 Å². The molecule has 0 aliphatic rings. The fraction of sp³-hybridized carbons (Fsp3) is 0.103. The van der Waals surface area contributed by atoms with Gasteiger partial charge in [-0.3, -0.25) is 14.9 Å². The standard InChI is InChI=1S/C29H25N3O5/c1-20(28(33)31-27-15-9-8-14-24(27)22-12-6-3-7-13-22)37-29(34)25-18-23(32(35)36)16-17-26(25)30-19-21-10-4-2-5-11-21/h2-18,20,30H,19H2,1H3,(H,31,33)/t20-/m1/s1. The van der Waals surface area contributed by atoms with Gasteiger partial charge in [-0.1, -0.05) is 78.9 Å². The molecule has 0 fully saturated rings. The van der Waals surface area contributed by atoms with E-state index in [-0.39, 0.29) is 11.3 Å². The number of benzene rings is 4. The van der Waals surface area contributed by atoms with Crippen molar-refractivity contribution in [2.75, 3.05) is 10.6 Å². The van der Waals surface area contributed by atoms with E-state index in [0.29, 0.717) is 17.9 Å². The molecule has 0 aliphatic heterocycles. The lowest BCUT2D eigenvalue weighted by atomic mass is 10.0. The molecule has 0 saturated heterocycles. The fourth-order valence-corrected chi connectivity index (χ4v) is 3.74. The van der Waals surface area contributed by atoms with Crippen LogP contribution in [0.3, 0.4) is 0 Å². The summed E-state index contributed by atoms with van der Waals surface area (Å²) in [5.74, 6) is -1.38. The van der Waals surface area contributed by atoms with Crippen LogP contribution in [0, 0.1) is 10.1 Å². The molecule has 0 heterocycles. The number of carbonyl (C=O) groups is 2. The third kappa shape index (κ3) is 6.37. The van der Waals surface area contributed by atoms with Gasteiger partial charge in [0.1, 0.15) is 0 Å². The Morgan fingerprint density at radius 1 is 0.865 bits per heavy atom. The quantitative estimate of drug-likeness (QED) is 0.166. The van der Waals surface area contributed by atoms with Crippen LogP contribution in [-0.4, -0.2) is 22.9 Å². The van der Waals surface area contributed by atoms with Gasteiger partial charge in [0.2, 0.25) is 0 Å². The van der Waals surface area contributed by atoms with Gasteiger partial charge in [0.15, 0.2) is 6.10 Å². The third-order valence-electron chi connectivity index (χ3n) is 5.68. The molecule has 0 aromatic heterocycles. The molecule has 0 saturated carbocycles. The number of anilines is 2. The molecular weight excluding hydrogens is 470 g/mol. The molecule has 0 aliphatic carbocycles. The molecule has 0 unspecified atom stereocenters. The number of amides is 1. The Labute approximate surface area is 214 Å². The molecule has 0 spiro atoms. The molecule has 1 atom stereocenters. The Hall–Kier alpha value is -4.98. The first-order chi connectivity index (χ1) is 17.9. The maximum atomic E-state index is 13.0. The number of non-ortho nitro benzene ring substituents is 1. The van der Waals surface area contributed by atoms with Gasteiger partial charge in [-0.05, 0) is 30.2 Å². The van der Waals surface area contributed by atoms with Crippen molar-refractivity contribution in [2.24, 2.45) is 0 Å². The number of nitro benzene ring substituents is 1. The Morgan fingerprint density at radius 3 is 2.22 bits per heavy atom. The Bertz CT molecular complexity index is 1410. The smallest absolute Gasteiger partial charge is 0.341 e. The minimum Gasteiger partial charge on any atom is -0.449 e. The van der Waals surface area contributed by atoms with Gasteiger partial charge in [0.05, 0.1) is 10.5 Å². The first kappa shape index (κ1) is 25.1. The molecule has 8 heteroatoms. The summed E-state index contributed by atoms with van der Waals surface area (Å²) in [5.41, 5.74) is 3.35. The number of hydrogen-bond acceptors (Lipinski definition) is 6. The predicted octanol–water partition coefficient (Wildman–Crippen LogP) is 6.06. The summed E-state index contributed by atoms with van der Waals surface area (Å²) in [7, 11) is 0. The first-order valence-corrected chi connectivity index (χ1v) is 11.6. The highest BCUT2D eigenvalue weighted by atomic mass is 16.6. The summed E-state index contributed by atoms with van der Waals surface area (Å²) >= 11 is 0. The summed E-state index contributed by atoms with van der Waals surface area (Å²) < 4.78 is 5.43. The molecule has 4 rings (SSSR count). The fourth-order valence-electron chi connectivity index (χ4n) is 3.74. The molecule has 37 heavy (non-hydrogen) atoms. The van der Waals surface area contributed by atoms with Gasteiger partial charge in [-0.15, -0.1) is 0 Å². The number of para-hydroxylation sites is 1. The van der Waals surface area contributed by atoms with Crippen molar-refractivity contribution in [2.45, 2.75) is 19.6 Å². The van der Waals surface area contributed by atoms with Crippen LogP contribution < -0.4 is 10.6 Å². The van der Waals surface area contributed by atoms with E-state index in [0.717, 1.165) is 22.8 Å². The van der Waals surface area contributed by atoms with Crippen molar-refractivity contribution < 1.29 is 19.2 Å². The van der Waals surface area contributed by atoms with Crippen molar-refractivity contribution in [1.82, 2.24) is 0 Å². The minimum atomic E-state index is -1.16. The lowest BCUT2D eigenvalue weighted by molar-refractivity contribution is -0.384. The van der Waals surface area contributed by atoms with E-state index in [9.17, 15) is 19.7 Å². The number of nitro groups is 1. The van der Waals surface area contributed by atoms with Crippen LogP contribution in [0.25, 0.3) is 11.1 Å². The van der Waals surface area contributed by atoms with E-state index in [1.165, 1.54) is 19.1 Å². The van der Waals surface area contributed by atoms with Crippen LogP contribution in [-0.2, 0) is 16.1 Å². The number of esters is 1. The van der Waals surface area contributed by atoms with Gasteiger partial charge in [-0.2, -0.15) is 0 Å². The second kappa shape index (κ2) is 11.6. The SMILES string of the molecule is C[C@@H](OC(=O)c1cc([N+](=O)[O-])ccc1NCc1ccccc1)C(=O)Nc1ccccc1-c1ccccc1. The highest BCUT2D eigenvalue weighted by Gasteiger charge is 2.24. The maximum Gasteiger partial charge on any atom is 0.341 e. The van der Waals surface area contributed by atoms with Crippen LogP contribution in [0.1, 0.15) is 22.8 Å². The number of hydrogen-bond donors (Lipinski definition) is 2. The topological polar surface area (TPSA) is 111 Å². The molecule has 0 bridgehead atoms. The second-order valence-corrected chi connectivity index (χ2v) is 8.27. The van der Waals surface area contributed by atoms with Crippen molar-refractivity contribution in [3.8, 4) is 11.1 Å². The van der Waals surface area contributed by atoms with Gasteiger partial charge in [0.25, 0.3) is 11.6 Å². The molecule has 0 radical (unpaired) electrons. The van der Waals surface area contributed by atoms with Crippen LogP contribution in [0.2, 0.25) is 0 Å². The van der Waals surface area contributed by atoms with Gasteiger partial charge >= 0.3 is 5.97 Å². The highest BCUT2D eigenvalue weighted by molar-refractivity contribution is 6.01. The average Bonchev–Trinajstić information content (AvgIpc) is 2.93. The molecule has 4 aromatic carbocycles. The normalized spacial score (nSPS) is 11.3. The lowest BCUT2D eigenvalue weighted by Gasteiger charge is -2.17. The van der Waals surface area contributed by atoms with Crippen molar-refractivity contribution in [3.63, 3.8) is 0 Å². The first-order valence-electron chi connectivity index (χ1n) is 11.6. The van der Waals surface area contributed by atoms with Gasteiger partial charge in [0, 0.05) is 35.6 Å². The largest absolute Gasteiger partial charge is 0.449 e. The summed E-state index contributed by atoms with van der Waals surface area (Å²) in [6.45, 7) is 1.85. The van der Waals surface area contributed by atoms with E-state index in [2.05, 4.69) is 10.6 Å².